The highest BCUT2D eigenvalue weighted by Gasteiger charge is 2.26. The minimum absolute atomic E-state index is 0.123. The van der Waals surface area contributed by atoms with Gasteiger partial charge in [0, 0.05) is 13.3 Å². The van der Waals surface area contributed by atoms with Gasteiger partial charge in [0.25, 0.3) is 5.91 Å². The van der Waals surface area contributed by atoms with E-state index < -0.39 is 0 Å². The molecule has 0 atom stereocenters. The summed E-state index contributed by atoms with van der Waals surface area (Å²) in [4.78, 5) is 15.6. The van der Waals surface area contributed by atoms with E-state index in [-0.39, 0.29) is 17.5 Å². The summed E-state index contributed by atoms with van der Waals surface area (Å²) in [6.45, 7) is 0.347. The van der Waals surface area contributed by atoms with Crippen LogP contribution in [0.4, 0.5) is 5.69 Å². The first-order valence-corrected chi connectivity index (χ1v) is 5.09. The Morgan fingerprint density at radius 3 is 3.12 bits per heavy atom. The lowest BCUT2D eigenvalue weighted by Crippen LogP contribution is -2.20. The number of methoxy groups -OCH3 is 1. The van der Waals surface area contributed by atoms with E-state index >= 15 is 0 Å². The van der Waals surface area contributed by atoms with Gasteiger partial charge >= 0.3 is 0 Å². The van der Waals surface area contributed by atoms with Crippen molar-refractivity contribution < 1.29 is 9.53 Å². The third kappa shape index (κ3) is 2.05. The lowest BCUT2D eigenvalue weighted by atomic mass is 10.3. The second-order valence-electron chi connectivity index (χ2n) is 3.29. The zero-order chi connectivity index (χ0) is 11.5. The molecular weight excluding hydrogens is 230 g/mol. The molecular formula is C10H10ClN3O2. The second kappa shape index (κ2) is 4.59. The lowest BCUT2D eigenvalue weighted by molar-refractivity contribution is -0.116. The average Bonchev–Trinajstić information content (AvgIpc) is 2.61. The fourth-order valence-electron chi connectivity index (χ4n) is 1.45. The molecule has 1 aliphatic rings. The summed E-state index contributed by atoms with van der Waals surface area (Å²) < 4.78 is 4.93. The van der Waals surface area contributed by atoms with Gasteiger partial charge in [-0.15, -0.1) is 0 Å². The molecule has 84 valence electrons. The Morgan fingerprint density at radius 1 is 1.62 bits per heavy atom. The number of carbonyl (C=O) groups is 1. The first kappa shape index (κ1) is 11.0. The topological polar surface area (TPSA) is 54.8 Å². The zero-order valence-electron chi connectivity index (χ0n) is 8.68. The van der Waals surface area contributed by atoms with Gasteiger partial charge < -0.3 is 4.74 Å². The van der Waals surface area contributed by atoms with Crippen LogP contribution in [0.1, 0.15) is 6.42 Å². The Hall–Kier alpha value is -1.46. The van der Waals surface area contributed by atoms with Gasteiger partial charge in [0.05, 0.1) is 18.7 Å². The van der Waals surface area contributed by atoms with E-state index in [1.54, 1.807) is 25.4 Å². The monoisotopic (exact) mass is 239 g/mol. The van der Waals surface area contributed by atoms with E-state index in [0.717, 1.165) is 0 Å². The number of hydrogen-bond acceptors (Lipinski definition) is 4. The molecule has 0 aliphatic carbocycles. The summed E-state index contributed by atoms with van der Waals surface area (Å²) >= 11 is 5.89. The van der Waals surface area contributed by atoms with Crippen LogP contribution in [-0.2, 0) is 9.53 Å². The fourth-order valence-corrected chi connectivity index (χ4v) is 1.65. The molecule has 6 heteroatoms. The van der Waals surface area contributed by atoms with E-state index in [2.05, 4.69) is 10.1 Å². The molecule has 16 heavy (non-hydrogen) atoms. The van der Waals surface area contributed by atoms with Crippen LogP contribution in [0.3, 0.4) is 0 Å². The summed E-state index contributed by atoms with van der Waals surface area (Å²) in [5.41, 5.74) is 1.19. The molecule has 0 bridgehead atoms. The summed E-state index contributed by atoms with van der Waals surface area (Å²) in [7, 11) is 1.56. The Bertz CT molecular complexity index is 447. The second-order valence-corrected chi connectivity index (χ2v) is 3.65. The number of pyridine rings is 1. The number of aromatic nitrogens is 1. The molecule has 2 rings (SSSR count). The maximum absolute atomic E-state index is 11.7. The van der Waals surface area contributed by atoms with Gasteiger partial charge in [-0.3, -0.25) is 4.79 Å². The summed E-state index contributed by atoms with van der Waals surface area (Å²) in [5, 5.41) is 5.67. The summed E-state index contributed by atoms with van der Waals surface area (Å²) in [6.07, 6.45) is 1.82. The van der Waals surface area contributed by atoms with Gasteiger partial charge in [0.15, 0.2) is 5.15 Å². The van der Waals surface area contributed by atoms with E-state index in [1.165, 1.54) is 5.01 Å². The van der Waals surface area contributed by atoms with Crippen molar-refractivity contribution in [3.8, 4) is 0 Å². The molecule has 0 saturated carbocycles. The van der Waals surface area contributed by atoms with Crippen molar-refractivity contribution in [1.82, 2.24) is 4.98 Å². The number of hydrogen-bond donors (Lipinski definition) is 0. The highest BCUT2D eigenvalue weighted by molar-refractivity contribution is 6.33. The van der Waals surface area contributed by atoms with Crippen LogP contribution in [0.5, 0.6) is 0 Å². The quantitative estimate of drug-likeness (QED) is 0.751. The number of amides is 1. The molecule has 1 amide bonds. The fraction of sp³-hybridized carbons (Fsp3) is 0.300. The Labute approximate surface area is 97.7 Å². The van der Waals surface area contributed by atoms with Crippen molar-refractivity contribution >= 4 is 28.9 Å². The number of hydrazone groups is 1. The van der Waals surface area contributed by atoms with Gasteiger partial charge in [0.1, 0.15) is 5.69 Å². The van der Waals surface area contributed by atoms with Gasteiger partial charge in [-0.25, -0.2) is 4.98 Å². The third-order valence-electron chi connectivity index (χ3n) is 2.11. The largest absolute Gasteiger partial charge is 0.379 e. The van der Waals surface area contributed by atoms with Crippen LogP contribution in [0.2, 0.25) is 5.15 Å². The van der Waals surface area contributed by atoms with Gasteiger partial charge in [0.2, 0.25) is 0 Å². The molecule has 1 aromatic rings. The number of rotatable bonds is 3. The van der Waals surface area contributed by atoms with Crippen molar-refractivity contribution in [1.29, 1.82) is 0 Å². The molecule has 1 aliphatic heterocycles. The molecule has 0 saturated heterocycles. The third-order valence-corrected chi connectivity index (χ3v) is 2.40. The molecule has 0 radical (unpaired) electrons. The van der Waals surface area contributed by atoms with E-state index in [0.29, 0.717) is 18.0 Å². The highest BCUT2D eigenvalue weighted by atomic mass is 35.5. The summed E-state index contributed by atoms with van der Waals surface area (Å²) in [6, 6.07) is 3.41. The minimum Gasteiger partial charge on any atom is -0.379 e. The number of nitrogens with zero attached hydrogens (tertiary/aromatic N) is 3. The number of anilines is 1. The number of carbonyl (C=O) groups excluding carboxylic acids is 1. The SMILES string of the molecule is COCC1=NN(c2cccnc2Cl)C(=O)C1. The van der Waals surface area contributed by atoms with E-state index in [1.807, 2.05) is 0 Å². The first-order valence-electron chi connectivity index (χ1n) is 4.71. The molecule has 5 nitrogen and oxygen atoms in total. The minimum atomic E-state index is -0.123. The predicted octanol–water partition coefficient (Wildman–Crippen LogP) is 1.47. The normalized spacial score (nSPS) is 15.5. The van der Waals surface area contributed by atoms with Crippen LogP contribution in [-0.4, -0.2) is 30.3 Å². The van der Waals surface area contributed by atoms with Crippen LogP contribution in [0.15, 0.2) is 23.4 Å². The van der Waals surface area contributed by atoms with Crippen LogP contribution >= 0.6 is 11.6 Å². The Balaban J connectivity index is 2.28. The lowest BCUT2D eigenvalue weighted by Gasteiger charge is -2.11. The summed E-state index contributed by atoms with van der Waals surface area (Å²) in [5.74, 6) is -0.123. The maximum atomic E-state index is 11.7. The van der Waals surface area contributed by atoms with Crippen LogP contribution < -0.4 is 5.01 Å². The molecule has 0 fully saturated rings. The van der Waals surface area contributed by atoms with Crippen molar-refractivity contribution in [2.75, 3.05) is 18.7 Å². The molecule has 1 aromatic heterocycles. The van der Waals surface area contributed by atoms with Crippen molar-refractivity contribution in [2.45, 2.75) is 6.42 Å². The molecule has 0 spiro atoms. The maximum Gasteiger partial charge on any atom is 0.253 e. The Morgan fingerprint density at radius 2 is 2.44 bits per heavy atom. The molecule has 0 unspecified atom stereocenters. The Kier molecular flexibility index (Phi) is 3.17. The standard InChI is InChI=1S/C10H10ClN3O2/c1-16-6-7-5-9(15)14(13-7)8-3-2-4-12-10(8)11/h2-4H,5-6H2,1H3. The van der Waals surface area contributed by atoms with E-state index in [9.17, 15) is 4.79 Å². The first-order chi connectivity index (χ1) is 7.72. The zero-order valence-corrected chi connectivity index (χ0v) is 9.44. The molecule has 0 aromatic carbocycles. The smallest absolute Gasteiger partial charge is 0.253 e. The predicted molar refractivity (Wildman–Crippen MR) is 60.7 cm³/mol. The van der Waals surface area contributed by atoms with Gasteiger partial charge in [-0.1, -0.05) is 11.6 Å². The van der Waals surface area contributed by atoms with E-state index in [4.69, 9.17) is 16.3 Å². The molecule has 2 heterocycles. The number of halogens is 1. The average molecular weight is 240 g/mol. The van der Waals surface area contributed by atoms with Crippen LogP contribution in [0, 0.1) is 0 Å². The van der Waals surface area contributed by atoms with Crippen LogP contribution in [0.25, 0.3) is 0 Å². The van der Waals surface area contributed by atoms with Crippen molar-refractivity contribution in [2.24, 2.45) is 5.10 Å². The molecule has 0 N–H and O–H groups in total. The van der Waals surface area contributed by atoms with Gasteiger partial charge in [-0.05, 0) is 12.1 Å². The number of ether oxygens (including phenoxy) is 1. The van der Waals surface area contributed by atoms with Crippen molar-refractivity contribution in [3.63, 3.8) is 0 Å². The van der Waals surface area contributed by atoms with Crippen molar-refractivity contribution in [3.05, 3.63) is 23.5 Å². The van der Waals surface area contributed by atoms with Gasteiger partial charge in [-0.2, -0.15) is 10.1 Å². The highest BCUT2D eigenvalue weighted by Crippen LogP contribution is 2.26.